The van der Waals surface area contributed by atoms with Gasteiger partial charge in [-0.3, -0.25) is 19.2 Å². The Balaban J connectivity index is 1.39. The van der Waals surface area contributed by atoms with Crippen LogP contribution in [0.15, 0.2) is 91.0 Å². The summed E-state index contributed by atoms with van der Waals surface area (Å²) in [5.41, 5.74) is 0.356. The second-order valence-electron chi connectivity index (χ2n) is 15.5. The van der Waals surface area contributed by atoms with Gasteiger partial charge in [-0.15, -0.1) is 0 Å². The van der Waals surface area contributed by atoms with Gasteiger partial charge in [0, 0.05) is 40.7 Å². The monoisotopic (exact) mass is 933 g/mol. The Bertz CT molecular complexity index is 2220. The van der Waals surface area contributed by atoms with Gasteiger partial charge < -0.3 is 52.1 Å². The highest BCUT2D eigenvalue weighted by atomic mass is 16.7. The van der Waals surface area contributed by atoms with Crippen LogP contribution in [-0.4, -0.2) is 140 Å². The van der Waals surface area contributed by atoms with Crippen molar-refractivity contribution in [2.45, 2.75) is 115 Å². The van der Waals surface area contributed by atoms with Crippen LogP contribution >= 0.6 is 0 Å². The summed E-state index contributed by atoms with van der Waals surface area (Å²) in [4.78, 5) is 105. The highest BCUT2D eigenvalue weighted by molar-refractivity contribution is 5.93. The normalized spacial score (nSPS) is 25.2. The molecule has 0 N–H and O–H groups in total. The number of benzene rings is 3. The van der Waals surface area contributed by atoms with E-state index in [2.05, 4.69) is 0 Å². The van der Waals surface area contributed by atoms with E-state index in [1.807, 2.05) is 6.92 Å². The maximum atomic E-state index is 13.9. The van der Waals surface area contributed by atoms with E-state index in [-0.39, 0.29) is 29.7 Å². The van der Waals surface area contributed by atoms with Crippen LogP contribution in [0.4, 0.5) is 4.79 Å². The zero-order valence-electron chi connectivity index (χ0n) is 37.3. The van der Waals surface area contributed by atoms with E-state index in [0.29, 0.717) is 6.42 Å². The first-order chi connectivity index (χ1) is 32.1. The van der Waals surface area contributed by atoms with E-state index < -0.39 is 128 Å². The molecular formula is C47H51NO19. The van der Waals surface area contributed by atoms with Crippen molar-refractivity contribution in [3.05, 3.63) is 108 Å². The summed E-state index contributed by atoms with van der Waals surface area (Å²) in [5, 5.41) is 0. The summed E-state index contributed by atoms with van der Waals surface area (Å²) in [6.45, 7) is 5.01. The maximum absolute atomic E-state index is 13.9. The van der Waals surface area contributed by atoms with Crippen LogP contribution in [0.2, 0.25) is 0 Å². The summed E-state index contributed by atoms with van der Waals surface area (Å²) in [6.07, 6.45) is -15.8. The van der Waals surface area contributed by atoms with Crippen molar-refractivity contribution in [2.24, 2.45) is 0 Å². The molecule has 3 aliphatic heterocycles. The lowest BCUT2D eigenvalue weighted by Gasteiger charge is -2.45. The molecule has 358 valence electrons. The number of rotatable bonds is 18. The van der Waals surface area contributed by atoms with Gasteiger partial charge in [0.1, 0.15) is 31.0 Å². The second-order valence-corrected chi connectivity index (χ2v) is 15.5. The van der Waals surface area contributed by atoms with E-state index in [4.69, 9.17) is 52.1 Å². The Morgan fingerprint density at radius 1 is 0.657 bits per heavy atom. The molecule has 0 spiro atoms. The lowest BCUT2D eigenvalue weighted by Crippen LogP contribution is -2.64. The van der Waals surface area contributed by atoms with E-state index in [9.17, 15) is 38.4 Å². The van der Waals surface area contributed by atoms with Crippen LogP contribution in [0.1, 0.15) is 78.5 Å². The third-order valence-corrected chi connectivity index (χ3v) is 10.6. The Morgan fingerprint density at radius 3 is 1.67 bits per heavy atom. The molecule has 2 amide bonds. The average Bonchev–Trinajstić information content (AvgIpc) is 3.65. The van der Waals surface area contributed by atoms with Gasteiger partial charge in [0.15, 0.2) is 43.1 Å². The number of carbonyl (C=O) groups is 8. The van der Waals surface area contributed by atoms with Gasteiger partial charge in [0.2, 0.25) is 5.91 Å². The topological polar surface area (TPSA) is 241 Å². The van der Waals surface area contributed by atoms with Gasteiger partial charge in [-0.2, -0.15) is 0 Å². The molecule has 3 unspecified atom stereocenters. The van der Waals surface area contributed by atoms with Gasteiger partial charge in [-0.05, 0) is 42.8 Å². The SMILES string of the molecule is CCCO[C@@H]1O[C@H](COC2C[C@@H]3OC(=O)N(C(C)=O)[C@H]3[C@H](C(OC(C)=O)C(COC(C)=O)OC(C)=O)O2)[C@H](OC(=O)c2ccccc2)[C@H](OC(=O)c2ccccc2)[C@H]1OC(=O)c1ccccc1. The predicted molar refractivity (Wildman–Crippen MR) is 225 cm³/mol. The fraction of sp³-hybridized carbons (Fsp3) is 0.447. The molecule has 20 nitrogen and oxygen atoms in total. The standard InChI is InChI=1S/C47H51NO19/c1-6-22-57-46-42(67-45(55)32-20-14-9-15-21-32)41(66-44(54)31-18-12-8-13-19-31)39(65-43(53)30-16-10-7-11-17-30)35(62-46)25-59-36-23-33-37(48(26(2)49)47(56)63-33)40(64-36)38(61-29(5)52)34(60-28(4)51)24-58-27(3)50/h7-21,33-42,46H,6,22-25H2,1-5H3/t33-,34?,35+,36?,37+,38?,39-,40+,41-,42+,46+/m0/s1. The molecule has 0 aliphatic carbocycles. The van der Waals surface area contributed by atoms with E-state index >= 15 is 0 Å². The third kappa shape index (κ3) is 12.8. The lowest BCUT2D eigenvalue weighted by molar-refractivity contribution is -0.314. The molecule has 3 saturated heterocycles. The number of imide groups is 1. The van der Waals surface area contributed by atoms with Crippen molar-refractivity contribution < 1.29 is 90.5 Å². The molecule has 3 fully saturated rings. The summed E-state index contributed by atoms with van der Waals surface area (Å²) in [6, 6.07) is 22.5. The number of amides is 2. The Labute approximate surface area is 384 Å². The van der Waals surface area contributed by atoms with Crippen molar-refractivity contribution in [2.75, 3.05) is 19.8 Å². The number of hydrogen-bond donors (Lipinski definition) is 0. The second kappa shape index (κ2) is 23.1. The van der Waals surface area contributed by atoms with E-state index in [1.165, 1.54) is 36.4 Å². The Kier molecular flexibility index (Phi) is 17.2. The number of nitrogens with zero attached hydrogens (tertiary/aromatic N) is 1. The molecule has 67 heavy (non-hydrogen) atoms. The molecule has 11 atom stereocenters. The summed E-state index contributed by atoms with van der Waals surface area (Å²) in [7, 11) is 0. The van der Waals surface area contributed by atoms with Gasteiger partial charge in [0.05, 0.1) is 23.3 Å². The molecule has 3 aromatic rings. The van der Waals surface area contributed by atoms with Crippen molar-refractivity contribution >= 4 is 47.8 Å². The number of carbonyl (C=O) groups excluding carboxylic acids is 8. The first-order valence-corrected chi connectivity index (χ1v) is 21.5. The molecule has 3 aliphatic rings. The third-order valence-electron chi connectivity index (χ3n) is 10.6. The van der Waals surface area contributed by atoms with Gasteiger partial charge >= 0.3 is 41.9 Å². The molecule has 3 heterocycles. The Morgan fingerprint density at radius 2 is 1.18 bits per heavy atom. The average molecular weight is 934 g/mol. The van der Waals surface area contributed by atoms with Crippen molar-refractivity contribution in [3.63, 3.8) is 0 Å². The van der Waals surface area contributed by atoms with Crippen LogP contribution in [0.3, 0.4) is 0 Å². The number of ether oxygens (including phenoxy) is 11. The molecule has 20 heteroatoms. The van der Waals surface area contributed by atoms with Crippen LogP contribution in [0, 0.1) is 0 Å². The molecule has 3 aromatic carbocycles. The molecular weight excluding hydrogens is 883 g/mol. The minimum Gasteiger partial charge on any atom is -0.462 e. The first kappa shape index (κ1) is 49.7. The largest absolute Gasteiger partial charge is 0.462 e. The first-order valence-electron chi connectivity index (χ1n) is 21.5. The zero-order chi connectivity index (χ0) is 48.2. The minimum atomic E-state index is -1.64. The van der Waals surface area contributed by atoms with Crippen molar-refractivity contribution in [1.82, 2.24) is 4.90 Å². The minimum absolute atomic E-state index is 0.0638. The Hall–Kier alpha value is -6.74. The summed E-state index contributed by atoms with van der Waals surface area (Å²) >= 11 is 0. The number of esters is 6. The molecule has 0 saturated carbocycles. The van der Waals surface area contributed by atoms with Gasteiger partial charge in [-0.25, -0.2) is 24.1 Å². The highest BCUT2D eigenvalue weighted by Crippen LogP contribution is 2.38. The fourth-order valence-electron chi connectivity index (χ4n) is 7.75. The maximum Gasteiger partial charge on any atom is 0.417 e. The van der Waals surface area contributed by atoms with Crippen LogP contribution < -0.4 is 0 Å². The van der Waals surface area contributed by atoms with Crippen LogP contribution in [0.5, 0.6) is 0 Å². The number of fused-ring (bicyclic) bond motifs is 1. The van der Waals surface area contributed by atoms with E-state index in [0.717, 1.165) is 32.6 Å². The van der Waals surface area contributed by atoms with Crippen molar-refractivity contribution in [1.29, 1.82) is 0 Å². The van der Waals surface area contributed by atoms with Crippen molar-refractivity contribution in [3.8, 4) is 0 Å². The summed E-state index contributed by atoms with van der Waals surface area (Å²) in [5.74, 6) is -5.89. The molecule has 0 aromatic heterocycles. The molecule has 0 bridgehead atoms. The van der Waals surface area contributed by atoms with Gasteiger partial charge in [0.25, 0.3) is 0 Å². The fourth-order valence-corrected chi connectivity index (χ4v) is 7.75. The van der Waals surface area contributed by atoms with E-state index in [1.54, 1.807) is 54.6 Å². The smallest absolute Gasteiger partial charge is 0.417 e. The summed E-state index contributed by atoms with van der Waals surface area (Å²) < 4.78 is 65.4. The highest BCUT2D eigenvalue weighted by Gasteiger charge is 2.59. The molecule has 6 rings (SSSR count). The predicted octanol–water partition coefficient (Wildman–Crippen LogP) is 4.11. The quantitative estimate of drug-likeness (QED) is 0.129. The van der Waals surface area contributed by atoms with Crippen LogP contribution in [-0.2, 0) is 71.3 Å². The molecule has 0 radical (unpaired) electrons. The number of hydrogen-bond acceptors (Lipinski definition) is 19. The zero-order valence-corrected chi connectivity index (χ0v) is 37.3. The van der Waals surface area contributed by atoms with Crippen LogP contribution in [0.25, 0.3) is 0 Å². The lowest BCUT2D eigenvalue weighted by atomic mass is 9.91. The van der Waals surface area contributed by atoms with Gasteiger partial charge in [-0.1, -0.05) is 61.5 Å².